The first-order valence-corrected chi connectivity index (χ1v) is 5.16. The molecule has 1 aromatic heterocycles. The molecule has 4 heteroatoms. The van der Waals surface area contributed by atoms with Crippen molar-refractivity contribution in [1.29, 1.82) is 0 Å². The van der Waals surface area contributed by atoms with Gasteiger partial charge >= 0.3 is 5.97 Å². The van der Waals surface area contributed by atoms with Crippen LogP contribution in [-0.4, -0.2) is 23.2 Å². The molecular weight excluding hydrogens is 206 g/mol. The zero-order chi connectivity index (χ0) is 12.0. The molecule has 0 unspecified atom stereocenters. The Morgan fingerprint density at radius 3 is 2.50 bits per heavy atom. The largest absolute Gasteiger partial charge is 0.458 e. The van der Waals surface area contributed by atoms with Crippen molar-refractivity contribution in [2.75, 3.05) is 6.61 Å². The Kier molecular flexibility index (Phi) is 4.43. The third kappa shape index (κ3) is 5.46. The van der Waals surface area contributed by atoms with Crippen LogP contribution >= 0.6 is 0 Å². The molecule has 16 heavy (non-hydrogen) atoms. The minimum absolute atomic E-state index is 0.0282. The highest BCUT2D eigenvalue weighted by molar-refractivity contribution is 5.71. The number of carbonyl (C=O) groups excluding carboxylic acids is 1. The highest BCUT2D eigenvalue weighted by Crippen LogP contribution is 2.07. The molecule has 0 spiro atoms. The minimum atomic E-state index is -0.461. The maximum absolute atomic E-state index is 11.3. The Morgan fingerprint density at radius 1 is 1.31 bits per heavy atom. The van der Waals surface area contributed by atoms with Gasteiger partial charge in [-0.1, -0.05) is 0 Å². The molecule has 0 bridgehead atoms. The van der Waals surface area contributed by atoms with Crippen molar-refractivity contribution >= 4 is 5.97 Å². The number of hydrogen-bond acceptors (Lipinski definition) is 4. The third-order valence-corrected chi connectivity index (χ3v) is 1.66. The van der Waals surface area contributed by atoms with Crippen LogP contribution in [0.5, 0.6) is 0 Å². The Balaban J connectivity index is 2.24. The van der Waals surface area contributed by atoms with Gasteiger partial charge in [-0.05, 0) is 38.5 Å². The maximum atomic E-state index is 11.3. The highest BCUT2D eigenvalue weighted by Gasteiger charge is 2.15. The smallest absolute Gasteiger partial charge is 0.332 e. The van der Waals surface area contributed by atoms with E-state index < -0.39 is 5.60 Å². The Morgan fingerprint density at radius 2 is 1.94 bits per heavy atom. The van der Waals surface area contributed by atoms with E-state index in [1.165, 1.54) is 0 Å². The zero-order valence-electron chi connectivity index (χ0n) is 9.90. The summed E-state index contributed by atoms with van der Waals surface area (Å²) in [5.41, 5.74) is 0.524. The van der Waals surface area contributed by atoms with Crippen LogP contribution in [-0.2, 0) is 20.9 Å². The number of aromatic nitrogens is 1. The molecule has 0 aliphatic carbocycles. The lowest BCUT2D eigenvalue weighted by Gasteiger charge is -2.19. The number of ether oxygens (including phenoxy) is 2. The predicted molar refractivity (Wildman–Crippen MR) is 59.7 cm³/mol. The molecule has 88 valence electrons. The fourth-order valence-electron chi connectivity index (χ4n) is 1.10. The van der Waals surface area contributed by atoms with Crippen molar-refractivity contribution in [2.24, 2.45) is 0 Å². The van der Waals surface area contributed by atoms with E-state index in [2.05, 4.69) is 4.98 Å². The SMILES string of the molecule is CC(C)(C)OC(=O)COCc1ccncc1. The van der Waals surface area contributed by atoms with Gasteiger partial charge in [0.2, 0.25) is 0 Å². The van der Waals surface area contributed by atoms with Gasteiger partial charge in [0.15, 0.2) is 0 Å². The van der Waals surface area contributed by atoms with Crippen LogP contribution in [0.3, 0.4) is 0 Å². The summed E-state index contributed by atoms with van der Waals surface area (Å²) >= 11 is 0. The Hall–Kier alpha value is -1.42. The van der Waals surface area contributed by atoms with Crippen molar-refractivity contribution in [2.45, 2.75) is 33.0 Å². The molecule has 0 aromatic carbocycles. The van der Waals surface area contributed by atoms with Crippen LogP contribution in [0.2, 0.25) is 0 Å². The van der Waals surface area contributed by atoms with Gasteiger partial charge in [-0.3, -0.25) is 4.98 Å². The summed E-state index contributed by atoms with van der Waals surface area (Å²) in [4.78, 5) is 15.2. The average Bonchev–Trinajstić information content (AvgIpc) is 2.16. The first kappa shape index (κ1) is 12.6. The second kappa shape index (κ2) is 5.61. The summed E-state index contributed by atoms with van der Waals surface area (Å²) in [5.74, 6) is -0.346. The monoisotopic (exact) mass is 223 g/mol. The van der Waals surface area contributed by atoms with E-state index in [0.29, 0.717) is 6.61 Å². The molecule has 0 atom stereocenters. The molecule has 0 amide bonds. The van der Waals surface area contributed by atoms with E-state index in [0.717, 1.165) is 5.56 Å². The first-order valence-electron chi connectivity index (χ1n) is 5.16. The molecule has 1 heterocycles. The Labute approximate surface area is 95.6 Å². The van der Waals surface area contributed by atoms with Crippen molar-refractivity contribution in [3.8, 4) is 0 Å². The van der Waals surface area contributed by atoms with E-state index in [4.69, 9.17) is 9.47 Å². The van der Waals surface area contributed by atoms with Crippen molar-refractivity contribution in [3.05, 3.63) is 30.1 Å². The number of rotatable bonds is 4. The lowest BCUT2D eigenvalue weighted by atomic mass is 10.2. The summed E-state index contributed by atoms with van der Waals surface area (Å²) in [5, 5.41) is 0. The number of hydrogen-bond donors (Lipinski definition) is 0. The van der Waals surface area contributed by atoms with E-state index in [1.807, 2.05) is 32.9 Å². The van der Waals surface area contributed by atoms with Crippen LogP contribution in [0, 0.1) is 0 Å². The molecule has 4 nitrogen and oxygen atoms in total. The van der Waals surface area contributed by atoms with Crippen molar-refractivity contribution in [1.82, 2.24) is 4.98 Å². The van der Waals surface area contributed by atoms with E-state index in [1.54, 1.807) is 12.4 Å². The van der Waals surface area contributed by atoms with Crippen LogP contribution in [0.25, 0.3) is 0 Å². The molecule has 0 aliphatic heterocycles. The summed E-state index contributed by atoms with van der Waals surface area (Å²) in [6, 6.07) is 3.68. The molecule has 0 N–H and O–H groups in total. The van der Waals surface area contributed by atoms with E-state index >= 15 is 0 Å². The van der Waals surface area contributed by atoms with Crippen LogP contribution in [0.1, 0.15) is 26.3 Å². The number of esters is 1. The van der Waals surface area contributed by atoms with Crippen LogP contribution in [0.15, 0.2) is 24.5 Å². The summed E-state index contributed by atoms with van der Waals surface area (Å²) in [7, 11) is 0. The fraction of sp³-hybridized carbons (Fsp3) is 0.500. The van der Waals surface area contributed by atoms with Gasteiger partial charge in [0.05, 0.1) is 6.61 Å². The lowest BCUT2D eigenvalue weighted by molar-refractivity contribution is -0.160. The van der Waals surface area contributed by atoms with Gasteiger partial charge in [0.25, 0.3) is 0 Å². The molecule has 0 radical (unpaired) electrons. The Bertz CT molecular complexity index is 330. The molecule has 1 rings (SSSR count). The highest BCUT2D eigenvalue weighted by atomic mass is 16.6. The maximum Gasteiger partial charge on any atom is 0.332 e. The minimum Gasteiger partial charge on any atom is -0.458 e. The molecule has 0 saturated carbocycles. The van der Waals surface area contributed by atoms with Gasteiger partial charge < -0.3 is 9.47 Å². The van der Waals surface area contributed by atoms with Gasteiger partial charge in [-0.25, -0.2) is 4.79 Å². The van der Waals surface area contributed by atoms with Crippen LogP contribution < -0.4 is 0 Å². The van der Waals surface area contributed by atoms with Gasteiger partial charge in [-0.2, -0.15) is 0 Å². The molecule has 0 aliphatic rings. The first-order chi connectivity index (χ1) is 7.47. The summed E-state index contributed by atoms with van der Waals surface area (Å²) < 4.78 is 10.3. The quantitative estimate of drug-likeness (QED) is 0.732. The summed E-state index contributed by atoms with van der Waals surface area (Å²) in [6.45, 7) is 5.84. The second-order valence-electron chi connectivity index (χ2n) is 4.43. The van der Waals surface area contributed by atoms with Crippen molar-refractivity contribution < 1.29 is 14.3 Å². The second-order valence-corrected chi connectivity index (χ2v) is 4.43. The predicted octanol–water partition coefficient (Wildman–Crippen LogP) is 1.94. The normalized spacial score (nSPS) is 11.2. The standard InChI is InChI=1S/C12H17NO3/c1-12(2,3)16-11(14)9-15-8-10-4-6-13-7-5-10/h4-7H,8-9H2,1-3H3. The van der Waals surface area contributed by atoms with E-state index in [9.17, 15) is 4.79 Å². The molecular formula is C12H17NO3. The number of pyridine rings is 1. The molecule has 0 fully saturated rings. The van der Waals surface area contributed by atoms with Crippen LogP contribution in [0.4, 0.5) is 0 Å². The average molecular weight is 223 g/mol. The third-order valence-electron chi connectivity index (χ3n) is 1.66. The molecule has 0 saturated heterocycles. The van der Waals surface area contributed by atoms with Gasteiger partial charge in [0.1, 0.15) is 12.2 Å². The van der Waals surface area contributed by atoms with Gasteiger partial charge in [0, 0.05) is 12.4 Å². The zero-order valence-corrected chi connectivity index (χ0v) is 9.90. The fourth-order valence-corrected chi connectivity index (χ4v) is 1.10. The van der Waals surface area contributed by atoms with E-state index in [-0.39, 0.29) is 12.6 Å². The summed E-state index contributed by atoms with van der Waals surface area (Å²) in [6.07, 6.45) is 3.37. The lowest BCUT2D eigenvalue weighted by Crippen LogP contribution is -2.26. The molecule has 1 aromatic rings. The number of nitrogens with zero attached hydrogens (tertiary/aromatic N) is 1. The van der Waals surface area contributed by atoms with Gasteiger partial charge in [-0.15, -0.1) is 0 Å². The van der Waals surface area contributed by atoms with Crippen molar-refractivity contribution in [3.63, 3.8) is 0 Å². The number of carbonyl (C=O) groups is 1. The topological polar surface area (TPSA) is 48.4 Å².